The molecule has 5 heteroatoms. The largest absolute Gasteiger partial charge is 0.444 e. The van der Waals surface area contributed by atoms with Gasteiger partial charge in [0.25, 0.3) is 0 Å². The zero-order chi connectivity index (χ0) is 13.9. The number of piperidine rings is 1. The highest BCUT2D eigenvalue weighted by molar-refractivity contribution is 5.68. The molecule has 0 aromatic carbocycles. The van der Waals surface area contributed by atoms with Crippen LogP contribution in [0.4, 0.5) is 4.79 Å². The molecule has 2 heterocycles. The number of rotatable bonds is 1. The highest BCUT2D eigenvalue weighted by Crippen LogP contribution is 2.24. The second kappa shape index (κ2) is 6.09. The minimum Gasteiger partial charge on any atom is -0.444 e. The number of nitrogens with one attached hydrogen (secondary N) is 2. The Labute approximate surface area is 116 Å². The molecule has 0 aromatic heterocycles. The number of carbonyl (C=O) groups is 1. The van der Waals surface area contributed by atoms with Gasteiger partial charge in [0.1, 0.15) is 5.60 Å². The smallest absolute Gasteiger partial charge is 0.410 e. The normalized spacial score (nSPS) is 26.3. The molecule has 2 N–H and O–H groups in total. The van der Waals surface area contributed by atoms with Crippen LogP contribution in [0.1, 0.15) is 33.6 Å². The van der Waals surface area contributed by atoms with E-state index in [0.717, 1.165) is 45.6 Å². The first-order valence-corrected chi connectivity index (χ1v) is 7.38. The fourth-order valence-electron chi connectivity index (χ4n) is 2.92. The molecule has 110 valence electrons. The quantitative estimate of drug-likeness (QED) is 0.751. The monoisotopic (exact) mass is 269 g/mol. The molecule has 2 fully saturated rings. The molecule has 0 saturated carbocycles. The molecule has 1 unspecified atom stereocenters. The zero-order valence-corrected chi connectivity index (χ0v) is 12.4. The standard InChI is InChI=1S/C14H27N3O2/c1-14(2,3)19-13(18)17-9-8-16-10-12(17)11-4-6-15-7-5-11/h11-12,15-16H,4-10H2,1-3H3. The van der Waals surface area contributed by atoms with Crippen LogP contribution in [0.15, 0.2) is 0 Å². The van der Waals surface area contributed by atoms with Crippen molar-refractivity contribution in [2.24, 2.45) is 5.92 Å². The van der Waals surface area contributed by atoms with Crippen molar-refractivity contribution in [1.82, 2.24) is 15.5 Å². The highest BCUT2D eigenvalue weighted by Gasteiger charge is 2.35. The lowest BCUT2D eigenvalue weighted by atomic mass is 9.88. The maximum Gasteiger partial charge on any atom is 0.410 e. The Bertz CT molecular complexity index is 308. The van der Waals surface area contributed by atoms with Crippen LogP contribution in [0.2, 0.25) is 0 Å². The van der Waals surface area contributed by atoms with Crippen molar-refractivity contribution in [3.63, 3.8) is 0 Å². The van der Waals surface area contributed by atoms with Crippen LogP contribution in [0.25, 0.3) is 0 Å². The fourth-order valence-corrected chi connectivity index (χ4v) is 2.92. The summed E-state index contributed by atoms with van der Waals surface area (Å²) in [6, 6.07) is 0.283. The summed E-state index contributed by atoms with van der Waals surface area (Å²) >= 11 is 0. The van der Waals surface area contributed by atoms with Crippen LogP contribution in [0.5, 0.6) is 0 Å². The summed E-state index contributed by atoms with van der Waals surface area (Å²) in [5.41, 5.74) is -0.416. The Morgan fingerprint density at radius 3 is 2.47 bits per heavy atom. The van der Waals surface area contributed by atoms with Gasteiger partial charge in [0, 0.05) is 19.6 Å². The lowest BCUT2D eigenvalue weighted by molar-refractivity contribution is 0.00209. The first-order valence-electron chi connectivity index (χ1n) is 7.38. The van der Waals surface area contributed by atoms with E-state index in [1.807, 2.05) is 25.7 Å². The minimum atomic E-state index is -0.416. The fraction of sp³-hybridized carbons (Fsp3) is 0.929. The predicted molar refractivity (Wildman–Crippen MR) is 75.2 cm³/mol. The van der Waals surface area contributed by atoms with E-state index in [1.165, 1.54) is 0 Å². The number of ether oxygens (including phenoxy) is 1. The van der Waals surface area contributed by atoms with Crippen molar-refractivity contribution in [3.05, 3.63) is 0 Å². The molecule has 2 aliphatic rings. The van der Waals surface area contributed by atoms with Crippen LogP contribution in [0, 0.1) is 5.92 Å². The number of carbonyl (C=O) groups excluding carboxylic acids is 1. The van der Waals surface area contributed by atoms with E-state index in [4.69, 9.17) is 4.74 Å². The van der Waals surface area contributed by atoms with Gasteiger partial charge >= 0.3 is 6.09 Å². The van der Waals surface area contributed by atoms with Crippen molar-refractivity contribution in [1.29, 1.82) is 0 Å². The molecule has 5 nitrogen and oxygen atoms in total. The van der Waals surface area contributed by atoms with Gasteiger partial charge in [-0.3, -0.25) is 0 Å². The predicted octanol–water partition coefficient (Wildman–Crippen LogP) is 1.19. The van der Waals surface area contributed by atoms with Crippen molar-refractivity contribution in [3.8, 4) is 0 Å². The van der Waals surface area contributed by atoms with Crippen LogP contribution in [0.3, 0.4) is 0 Å². The molecule has 0 aromatic rings. The lowest BCUT2D eigenvalue weighted by Gasteiger charge is -2.42. The summed E-state index contributed by atoms with van der Waals surface area (Å²) in [7, 11) is 0. The summed E-state index contributed by atoms with van der Waals surface area (Å²) in [6.07, 6.45) is 2.13. The van der Waals surface area contributed by atoms with Crippen molar-refractivity contribution in [2.45, 2.75) is 45.3 Å². The highest BCUT2D eigenvalue weighted by atomic mass is 16.6. The van der Waals surface area contributed by atoms with E-state index < -0.39 is 5.60 Å². The van der Waals surface area contributed by atoms with E-state index in [1.54, 1.807) is 0 Å². The second-order valence-electron chi connectivity index (χ2n) is 6.53. The van der Waals surface area contributed by atoms with Crippen molar-refractivity contribution in [2.75, 3.05) is 32.7 Å². The van der Waals surface area contributed by atoms with E-state index >= 15 is 0 Å². The number of nitrogens with zero attached hydrogens (tertiary/aromatic N) is 1. The summed E-state index contributed by atoms with van der Waals surface area (Å²) < 4.78 is 5.54. The third-order valence-corrected chi connectivity index (χ3v) is 3.84. The summed E-state index contributed by atoms with van der Waals surface area (Å²) in [4.78, 5) is 14.3. The third-order valence-electron chi connectivity index (χ3n) is 3.84. The molecule has 0 radical (unpaired) electrons. The van der Waals surface area contributed by atoms with Crippen LogP contribution < -0.4 is 10.6 Å². The number of amides is 1. The van der Waals surface area contributed by atoms with E-state index in [9.17, 15) is 4.79 Å². The Balaban J connectivity index is 2.00. The molecule has 1 amide bonds. The second-order valence-corrected chi connectivity index (χ2v) is 6.53. The maximum atomic E-state index is 12.3. The van der Waals surface area contributed by atoms with Gasteiger partial charge in [-0.2, -0.15) is 0 Å². The van der Waals surface area contributed by atoms with E-state index in [2.05, 4.69) is 10.6 Å². The van der Waals surface area contributed by atoms with Gasteiger partial charge in [0.15, 0.2) is 0 Å². The molecule has 19 heavy (non-hydrogen) atoms. The molecule has 2 aliphatic heterocycles. The maximum absolute atomic E-state index is 12.3. The zero-order valence-electron chi connectivity index (χ0n) is 12.4. The first-order chi connectivity index (χ1) is 8.97. The lowest BCUT2D eigenvalue weighted by Crippen LogP contribution is -2.58. The summed E-state index contributed by atoms with van der Waals surface area (Å²) in [5.74, 6) is 0.585. The number of hydrogen-bond donors (Lipinski definition) is 2. The molecular formula is C14H27N3O2. The van der Waals surface area contributed by atoms with Crippen LogP contribution in [-0.2, 0) is 4.74 Å². The Kier molecular flexibility index (Phi) is 4.68. The van der Waals surface area contributed by atoms with Crippen LogP contribution >= 0.6 is 0 Å². The molecule has 2 rings (SSSR count). The molecule has 1 atom stereocenters. The minimum absolute atomic E-state index is 0.155. The number of piperazine rings is 1. The Morgan fingerprint density at radius 1 is 1.16 bits per heavy atom. The topological polar surface area (TPSA) is 53.6 Å². The molecule has 0 aliphatic carbocycles. The van der Waals surface area contributed by atoms with E-state index in [-0.39, 0.29) is 12.1 Å². The van der Waals surface area contributed by atoms with Gasteiger partial charge < -0.3 is 20.3 Å². The van der Waals surface area contributed by atoms with Gasteiger partial charge in [0.05, 0.1) is 6.04 Å². The van der Waals surface area contributed by atoms with Gasteiger partial charge in [-0.1, -0.05) is 0 Å². The number of hydrogen-bond acceptors (Lipinski definition) is 4. The van der Waals surface area contributed by atoms with Gasteiger partial charge in [0.2, 0.25) is 0 Å². The van der Waals surface area contributed by atoms with Crippen LogP contribution in [-0.4, -0.2) is 55.4 Å². The first kappa shape index (κ1) is 14.6. The average molecular weight is 269 g/mol. The van der Waals surface area contributed by atoms with Gasteiger partial charge in [-0.05, 0) is 52.6 Å². The third kappa shape index (κ3) is 4.08. The van der Waals surface area contributed by atoms with Gasteiger partial charge in [-0.25, -0.2) is 4.79 Å². The average Bonchev–Trinajstić information content (AvgIpc) is 2.38. The van der Waals surface area contributed by atoms with Crippen molar-refractivity contribution >= 4 is 6.09 Å². The van der Waals surface area contributed by atoms with Crippen molar-refractivity contribution < 1.29 is 9.53 Å². The Morgan fingerprint density at radius 2 is 1.84 bits per heavy atom. The molecule has 0 spiro atoms. The van der Waals surface area contributed by atoms with E-state index in [0.29, 0.717) is 5.92 Å². The summed E-state index contributed by atoms with van der Waals surface area (Å²) in [6.45, 7) is 10.4. The van der Waals surface area contributed by atoms with Gasteiger partial charge in [-0.15, -0.1) is 0 Å². The SMILES string of the molecule is CC(C)(C)OC(=O)N1CCNCC1C1CCNCC1. The molecular weight excluding hydrogens is 242 g/mol. The molecule has 2 saturated heterocycles. The molecule has 0 bridgehead atoms. The Hall–Kier alpha value is -0.810. The summed E-state index contributed by atoms with van der Waals surface area (Å²) in [5, 5.41) is 6.79.